The Hall–Kier alpha value is -2.42. The maximum Gasteiger partial charge on any atom is 0.115 e. The molecule has 0 aliphatic carbocycles. The van der Waals surface area contributed by atoms with Crippen molar-refractivity contribution in [3.63, 3.8) is 0 Å². The van der Waals surface area contributed by atoms with Crippen molar-refractivity contribution in [2.24, 2.45) is 0 Å². The van der Waals surface area contributed by atoms with Gasteiger partial charge in [0.05, 0.1) is 0 Å². The van der Waals surface area contributed by atoms with Gasteiger partial charge < -0.3 is 15.0 Å². The molecule has 0 spiro atoms. The van der Waals surface area contributed by atoms with Gasteiger partial charge in [0.2, 0.25) is 0 Å². The highest BCUT2D eigenvalue weighted by atomic mass is 16.3. The summed E-state index contributed by atoms with van der Waals surface area (Å²) in [5.74, 6) is 0.285. The van der Waals surface area contributed by atoms with E-state index in [0.29, 0.717) is 0 Å². The minimum absolute atomic E-state index is 0.285. The Balaban J connectivity index is 2.00. The van der Waals surface area contributed by atoms with E-state index in [1.165, 1.54) is 5.39 Å². The molecule has 0 atom stereocenters. The van der Waals surface area contributed by atoms with Gasteiger partial charge in [0.15, 0.2) is 0 Å². The Kier molecular flexibility index (Phi) is 2.45. The number of phenolic OH excluding ortho intramolecular Hbond substituents is 1. The second kappa shape index (κ2) is 4.11. The highest BCUT2D eigenvalue weighted by molar-refractivity contribution is 5.84. The molecule has 2 N–H and O–H groups in total. The van der Waals surface area contributed by atoms with E-state index in [0.717, 1.165) is 16.9 Å². The number of rotatable bonds is 2. The van der Waals surface area contributed by atoms with Gasteiger partial charge >= 0.3 is 0 Å². The van der Waals surface area contributed by atoms with Crippen LogP contribution in [-0.4, -0.2) is 17.1 Å². The molecule has 3 heteroatoms. The summed E-state index contributed by atoms with van der Waals surface area (Å²) < 4.78 is 0. The zero-order valence-electron chi connectivity index (χ0n) is 10.1. The van der Waals surface area contributed by atoms with Crippen LogP contribution in [0.15, 0.2) is 54.7 Å². The molecule has 3 rings (SSSR count). The zero-order valence-corrected chi connectivity index (χ0v) is 10.1. The fraction of sp³-hybridized carbons (Fsp3) is 0.0667. The van der Waals surface area contributed by atoms with Crippen LogP contribution in [0.25, 0.3) is 10.9 Å². The third-order valence-corrected chi connectivity index (χ3v) is 3.16. The highest BCUT2D eigenvalue weighted by Crippen LogP contribution is 2.27. The van der Waals surface area contributed by atoms with E-state index >= 15 is 0 Å². The molecule has 1 heterocycles. The quantitative estimate of drug-likeness (QED) is 0.715. The van der Waals surface area contributed by atoms with Crippen LogP contribution in [0.3, 0.4) is 0 Å². The largest absolute Gasteiger partial charge is 0.508 e. The number of fused-ring (bicyclic) bond motifs is 1. The average Bonchev–Trinajstić information content (AvgIpc) is 2.86. The normalized spacial score (nSPS) is 10.7. The number of anilines is 2. The molecule has 0 unspecified atom stereocenters. The molecule has 0 aliphatic heterocycles. The minimum atomic E-state index is 0.285. The molecule has 3 nitrogen and oxygen atoms in total. The number of nitrogens with one attached hydrogen (secondary N) is 1. The van der Waals surface area contributed by atoms with E-state index in [2.05, 4.69) is 34.1 Å². The van der Waals surface area contributed by atoms with Crippen molar-refractivity contribution < 1.29 is 5.11 Å². The SMILES string of the molecule is CN(c1ccc(O)cc1)c1ccc2[nH]ccc2c1. The molecule has 0 radical (unpaired) electrons. The van der Waals surface area contributed by atoms with Gasteiger partial charge in [-0.2, -0.15) is 0 Å². The smallest absolute Gasteiger partial charge is 0.115 e. The fourth-order valence-corrected chi connectivity index (χ4v) is 2.07. The first-order valence-electron chi connectivity index (χ1n) is 5.84. The first-order chi connectivity index (χ1) is 8.74. The summed E-state index contributed by atoms with van der Waals surface area (Å²) >= 11 is 0. The van der Waals surface area contributed by atoms with E-state index in [9.17, 15) is 5.11 Å². The number of H-pyrrole nitrogens is 1. The van der Waals surface area contributed by atoms with E-state index in [1.807, 2.05) is 25.4 Å². The number of aromatic hydroxyl groups is 1. The highest BCUT2D eigenvalue weighted by Gasteiger charge is 2.05. The van der Waals surface area contributed by atoms with Crippen LogP contribution in [-0.2, 0) is 0 Å². The Morgan fingerprint density at radius 3 is 2.44 bits per heavy atom. The number of aromatic nitrogens is 1. The number of nitrogens with zero attached hydrogens (tertiary/aromatic N) is 1. The topological polar surface area (TPSA) is 39.3 Å². The van der Waals surface area contributed by atoms with E-state index < -0.39 is 0 Å². The molecule has 18 heavy (non-hydrogen) atoms. The van der Waals surface area contributed by atoms with E-state index in [1.54, 1.807) is 12.1 Å². The van der Waals surface area contributed by atoms with Crippen molar-refractivity contribution in [1.29, 1.82) is 0 Å². The van der Waals surface area contributed by atoms with Crippen LogP contribution < -0.4 is 4.90 Å². The predicted molar refractivity (Wildman–Crippen MR) is 74.5 cm³/mol. The van der Waals surface area contributed by atoms with Crippen molar-refractivity contribution in [2.45, 2.75) is 0 Å². The summed E-state index contributed by atoms with van der Waals surface area (Å²) in [6.45, 7) is 0. The van der Waals surface area contributed by atoms with Gasteiger partial charge in [-0.05, 0) is 48.5 Å². The number of hydrogen-bond acceptors (Lipinski definition) is 2. The monoisotopic (exact) mass is 238 g/mol. The fourth-order valence-electron chi connectivity index (χ4n) is 2.07. The Bertz CT molecular complexity index is 670. The summed E-state index contributed by atoms with van der Waals surface area (Å²) in [6.07, 6.45) is 1.94. The van der Waals surface area contributed by atoms with Crippen molar-refractivity contribution >= 4 is 22.3 Å². The second-order valence-corrected chi connectivity index (χ2v) is 4.32. The van der Waals surface area contributed by atoms with Crippen molar-refractivity contribution in [1.82, 2.24) is 4.98 Å². The van der Waals surface area contributed by atoms with Gasteiger partial charge in [-0.25, -0.2) is 0 Å². The number of hydrogen-bond donors (Lipinski definition) is 2. The zero-order chi connectivity index (χ0) is 12.5. The molecule has 0 aliphatic rings. The Morgan fingerprint density at radius 1 is 0.944 bits per heavy atom. The number of benzene rings is 2. The van der Waals surface area contributed by atoms with Crippen molar-refractivity contribution in [2.75, 3.05) is 11.9 Å². The number of phenols is 1. The summed E-state index contributed by atoms with van der Waals surface area (Å²) in [7, 11) is 2.01. The predicted octanol–water partition coefficient (Wildman–Crippen LogP) is 3.64. The number of aromatic amines is 1. The van der Waals surface area contributed by atoms with E-state index in [4.69, 9.17) is 0 Å². The molecule has 90 valence electrons. The van der Waals surface area contributed by atoms with Gasteiger partial charge in [0.25, 0.3) is 0 Å². The summed E-state index contributed by atoms with van der Waals surface area (Å²) in [5.41, 5.74) is 3.30. The molecule has 1 aromatic heterocycles. The third-order valence-electron chi connectivity index (χ3n) is 3.16. The molecule has 0 saturated carbocycles. The molecule has 0 bridgehead atoms. The van der Waals surface area contributed by atoms with Crippen molar-refractivity contribution in [3.05, 3.63) is 54.7 Å². The standard InChI is InChI=1S/C15H14N2O/c1-17(12-2-5-14(18)6-3-12)13-4-7-15-11(10-13)8-9-16-15/h2-10,16,18H,1H3. The van der Waals surface area contributed by atoms with Crippen LogP contribution in [0.4, 0.5) is 11.4 Å². The van der Waals surface area contributed by atoms with Crippen LogP contribution in [0.2, 0.25) is 0 Å². The first-order valence-corrected chi connectivity index (χ1v) is 5.84. The van der Waals surface area contributed by atoms with Gasteiger partial charge in [-0.3, -0.25) is 0 Å². The summed E-state index contributed by atoms with van der Waals surface area (Å²) in [5, 5.41) is 10.5. The molecule has 3 aromatic rings. The Morgan fingerprint density at radius 2 is 1.67 bits per heavy atom. The maximum atomic E-state index is 9.30. The maximum absolute atomic E-state index is 9.30. The molecule has 2 aromatic carbocycles. The molecular weight excluding hydrogens is 224 g/mol. The molecule has 0 fully saturated rings. The van der Waals surface area contributed by atoms with Gasteiger partial charge in [-0.15, -0.1) is 0 Å². The lowest BCUT2D eigenvalue weighted by atomic mass is 10.2. The van der Waals surface area contributed by atoms with Crippen LogP contribution >= 0.6 is 0 Å². The lowest BCUT2D eigenvalue weighted by molar-refractivity contribution is 0.475. The van der Waals surface area contributed by atoms with Crippen LogP contribution in [0.1, 0.15) is 0 Å². The lowest BCUT2D eigenvalue weighted by Crippen LogP contribution is -2.08. The van der Waals surface area contributed by atoms with Gasteiger partial charge in [-0.1, -0.05) is 0 Å². The lowest BCUT2D eigenvalue weighted by Gasteiger charge is -2.19. The van der Waals surface area contributed by atoms with E-state index in [-0.39, 0.29) is 5.75 Å². The average molecular weight is 238 g/mol. The van der Waals surface area contributed by atoms with Crippen molar-refractivity contribution in [3.8, 4) is 5.75 Å². The van der Waals surface area contributed by atoms with Gasteiger partial charge in [0, 0.05) is 35.5 Å². The van der Waals surface area contributed by atoms with Gasteiger partial charge in [0.1, 0.15) is 5.75 Å². The Labute approximate surface area is 105 Å². The van der Waals surface area contributed by atoms with Crippen LogP contribution in [0, 0.1) is 0 Å². The minimum Gasteiger partial charge on any atom is -0.508 e. The molecule has 0 saturated heterocycles. The van der Waals surface area contributed by atoms with Crippen LogP contribution in [0.5, 0.6) is 5.75 Å². The third kappa shape index (κ3) is 1.80. The first kappa shape index (κ1) is 10.7. The molecule has 0 amide bonds. The summed E-state index contributed by atoms with van der Waals surface area (Å²) in [6, 6.07) is 15.5. The summed E-state index contributed by atoms with van der Waals surface area (Å²) in [4.78, 5) is 5.27. The molecular formula is C15H14N2O. The second-order valence-electron chi connectivity index (χ2n) is 4.32.